The third-order valence-electron chi connectivity index (χ3n) is 4.79. The van der Waals surface area contributed by atoms with E-state index in [1.165, 1.54) is 5.56 Å². The van der Waals surface area contributed by atoms with Crippen molar-refractivity contribution in [3.05, 3.63) is 64.4 Å². The summed E-state index contributed by atoms with van der Waals surface area (Å²) in [5, 5.41) is 0. The summed E-state index contributed by atoms with van der Waals surface area (Å²) in [6, 6.07) is 16.4. The normalized spacial score (nSPS) is 19.5. The second kappa shape index (κ2) is 6.57. The molecule has 2 heterocycles. The van der Waals surface area contributed by atoms with Crippen LogP contribution in [0, 0.1) is 5.92 Å². The van der Waals surface area contributed by atoms with Crippen molar-refractivity contribution in [2.45, 2.75) is 19.4 Å². The zero-order valence-corrected chi connectivity index (χ0v) is 16.1. The fourth-order valence-electron chi connectivity index (χ4n) is 3.52. The molecule has 3 aromatic rings. The maximum absolute atomic E-state index is 11.8. The third-order valence-corrected chi connectivity index (χ3v) is 7.15. The van der Waals surface area contributed by atoms with Crippen molar-refractivity contribution < 1.29 is 8.42 Å². The number of para-hydroxylation sites is 2. The molecule has 130 valence electrons. The van der Waals surface area contributed by atoms with E-state index in [0.29, 0.717) is 12.2 Å². The Kier molecular flexibility index (Phi) is 4.41. The number of benzene rings is 2. The highest BCUT2D eigenvalue weighted by atomic mass is 79.9. The van der Waals surface area contributed by atoms with Crippen LogP contribution in [0.15, 0.2) is 53.0 Å². The van der Waals surface area contributed by atoms with E-state index >= 15 is 0 Å². The molecule has 2 aromatic carbocycles. The average molecular weight is 419 g/mol. The van der Waals surface area contributed by atoms with Gasteiger partial charge in [0, 0.05) is 17.4 Å². The number of hydrogen-bond donors (Lipinski definition) is 0. The van der Waals surface area contributed by atoms with E-state index in [0.717, 1.165) is 34.3 Å². The van der Waals surface area contributed by atoms with Gasteiger partial charge in [-0.2, -0.15) is 0 Å². The van der Waals surface area contributed by atoms with E-state index in [-0.39, 0.29) is 11.7 Å². The van der Waals surface area contributed by atoms with Gasteiger partial charge in [0.15, 0.2) is 9.84 Å². The summed E-state index contributed by atoms with van der Waals surface area (Å²) in [5.41, 5.74) is 3.27. The fraction of sp³-hybridized carbons (Fsp3) is 0.316. The lowest BCUT2D eigenvalue weighted by atomic mass is 10.0. The number of fused-ring (bicyclic) bond motifs is 1. The number of nitrogens with zero attached hydrogens (tertiary/aromatic N) is 2. The highest BCUT2D eigenvalue weighted by Crippen LogP contribution is 2.25. The van der Waals surface area contributed by atoms with E-state index in [9.17, 15) is 8.42 Å². The van der Waals surface area contributed by atoms with Gasteiger partial charge in [-0.3, -0.25) is 0 Å². The Morgan fingerprint density at radius 1 is 1.12 bits per heavy atom. The van der Waals surface area contributed by atoms with E-state index in [1.807, 2.05) is 30.3 Å². The van der Waals surface area contributed by atoms with Gasteiger partial charge in [-0.15, -0.1) is 0 Å². The summed E-state index contributed by atoms with van der Waals surface area (Å²) < 4.78 is 26.8. The van der Waals surface area contributed by atoms with Crippen LogP contribution in [0.1, 0.15) is 17.8 Å². The molecular weight excluding hydrogens is 400 g/mol. The molecule has 6 heteroatoms. The standard InChI is InChI=1S/C19H19BrN2O2S/c20-16-7-5-14(6-8-16)12-22-18-4-2-1-3-17(18)21-19(22)11-15-9-10-25(23,24)13-15/h1-8,15H,9-13H2/t15-/m1/s1. The smallest absolute Gasteiger partial charge is 0.150 e. The molecule has 1 aliphatic rings. The molecule has 1 atom stereocenters. The summed E-state index contributed by atoms with van der Waals surface area (Å²) >= 11 is 3.47. The van der Waals surface area contributed by atoms with E-state index < -0.39 is 9.84 Å². The molecule has 0 radical (unpaired) electrons. The zero-order chi connectivity index (χ0) is 17.4. The summed E-state index contributed by atoms with van der Waals surface area (Å²) in [6.45, 7) is 0.739. The molecule has 1 fully saturated rings. The summed E-state index contributed by atoms with van der Waals surface area (Å²) in [6.07, 6.45) is 1.45. The first-order valence-electron chi connectivity index (χ1n) is 8.39. The number of rotatable bonds is 4. The predicted molar refractivity (Wildman–Crippen MR) is 103 cm³/mol. The van der Waals surface area contributed by atoms with E-state index in [1.54, 1.807) is 0 Å². The van der Waals surface area contributed by atoms with Crippen molar-refractivity contribution in [1.82, 2.24) is 9.55 Å². The van der Waals surface area contributed by atoms with Gasteiger partial charge in [0.2, 0.25) is 0 Å². The van der Waals surface area contributed by atoms with Crippen molar-refractivity contribution in [3.8, 4) is 0 Å². The van der Waals surface area contributed by atoms with E-state index in [4.69, 9.17) is 4.98 Å². The maximum atomic E-state index is 11.8. The first-order valence-corrected chi connectivity index (χ1v) is 11.0. The van der Waals surface area contributed by atoms with Crippen molar-refractivity contribution in [2.75, 3.05) is 11.5 Å². The minimum absolute atomic E-state index is 0.172. The van der Waals surface area contributed by atoms with Crippen LogP contribution >= 0.6 is 15.9 Å². The molecule has 0 unspecified atom stereocenters. The Morgan fingerprint density at radius 2 is 1.88 bits per heavy atom. The van der Waals surface area contributed by atoms with Gasteiger partial charge in [0.1, 0.15) is 5.82 Å². The first-order chi connectivity index (χ1) is 12.0. The Morgan fingerprint density at radius 3 is 2.60 bits per heavy atom. The minimum Gasteiger partial charge on any atom is -0.323 e. The van der Waals surface area contributed by atoms with E-state index in [2.05, 4.69) is 38.7 Å². The predicted octanol–water partition coefficient (Wildman–Crippen LogP) is 3.82. The molecule has 1 aliphatic heterocycles. The van der Waals surface area contributed by atoms with Crippen LogP contribution in [0.3, 0.4) is 0 Å². The molecule has 0 bridgehead atoms. The molecular formula is C19H19BrN2O2S. The summed E-state index contributed by atoms with van der Waals surface area (Å²) in [5.74, 6) is 1.75. The fourth-order valence-corrected chi connectivity index (χ4v) is 5.65. The minimum atomic E-state index is -2.86. The lowest BCUT2D eigenvalue weighted by Crippen LogP contribution is -2.12. The third kappa shape index (κ3) is 3.65. The van der Waals surface area contributed by atoms with Crippen LogP contribution in [0.4, 0.5) is 0 Å². The number of aromatic nitrogens is 2. The van der Waals surface area contributed by atoms with Crippen molar-refractivity contribution in [3.63, 3.8) is 0 Å². The number of imidazole rings is 1. The molecule has 4 nitrogen and oxygen atoms in total. The average Bonchev–Trinajstić information content (AvgIpc) is 3.10. The zero-order valence-electron chi connectivity index (χ0n) is 13.7. The van der Waals surface area contributed by atoms with Crippen molar-refractivity contribution in [1.29, 1.82) is 0 Å². The van der Waals surface area contributed by atoms with Crippen LogP contribution in [0.5, 0.6) is 0 Å². The van der Waals surface area contributed by atoms with Crippen LogP contribution in [-0.4, -0.2) is 29.5 Å². The quantitative estimate of drug-likeness (QED) is 0.646. The summed E-state index contributed by atoms with van der Waals surface area (Å²) in [4.78, 5) is 4.80. The lowest BCUT2D eigenvalue weighted by molar-refractivity contribution is 0.554. The maximum Gasteiger partial charge on any atom is 0.150 e. The molecule has 4 rings (SSSR count). The molecule has 0 saturated carbocycles. The monoisotopic (exact) mass is 418 g/mol. The Labute approximate surface area is 155 Å². The Hall–Kier alpha value is -1.66. The lowest BCUT2D eigenvalue weighted by Gasteiger charge is -2.12. The highest BCUT2D eigenvalue weighted by Gasteiger charge is 2.29. The van der Waals surface area contributed by atoms with Gasteiger partial charge >= 0.3 is 0 Å². The molecule has 0 N–H and O–H groups in total. The molecule has 0 aliphatic carbocycles. The topological polar surface area (TPSA) is 52.0 Å². The van der Waals surface area contributed by atoms with Gasteiger partial charge in [-0.1, -0.05) is 40.2 Å². The number of halogens is 1. The second-order valence-electron chi connectivity index (χ2n) is 6.70. The van der Waals surface area contributed by atoms with Gasteiger partial charge in [0.05, 0.1) is 22.5 Å². The van der Waals surface area contributed by atoms with Gasteiger partial charge in [0.25, 0.3) is 0 Å². The Balaban J connectivity index is 1.69. The van der Waals surface area contributed by atoms with Gasteiger partial charge in [-0.25, -0.2) is 13.4 Å². The first kappa shape index (κ1) is 16.8. The Bertz CT molecular complexity index is 1010. The van der Waals surface area contributed by atoms with Crippen molar-refractivity contribution >= 4 is 36.8 Å². The number of hydrogen-bond acceptors (Lipinski definition) is 3. The molecule has 1 saturated heterocycles. The van der Waals surface area contributed by atoms with Crippen LogP contribution < -0.4 is 0 Å². The SMILES string of the molecule is O=S1(=O)CC[C@H](Cc2nc3ccccc3n2Cc2ccc(Br)cc2)C1. The largest absolute Gasteiger partial charge is 0.323 e. The van der Waals surface area contributed by atoms with Crippen LogP contribution in [0.25, 0.3) is 11.0 Å². The molecule has 0 spiro atoms. The van der Waals surface area contributed by atoms with Crippen molar-refractivity contribution in [2.24, 2.45) is 5.92 Å². The second-order valence-corrected chi connectivity index (χ2v) is 9.85. The molecule has 25 heavy (non-hydrogen) atoms. The molecule has 0 amide bonds. The van der Waals surface area contributed by atoms with Gasteiger partial charge in [-0.05, 0) is 42.2 Å². The summed E-state index contributed by atoms with van der Waals surface area (Å²) in [7, 11) is -2.86. The van der Waals surface area contributed by atoms with Gasteiger partial charge < -0.3 is 4.57 Å². The highest BCUT2D eigenvalue weighted by molar-refractivity contribution is 9.10. The number of sulfone groups is 1. The molecule has 1 aromatic heterocycles. The van der Waals surface area contributed by atoms with Crippen LogP contribution in [-0.2, 0) is 22.8 Å². The van der Waals surface area contributed by atoms with Crippen LogP contribution in [0.2, 0.25) is 0 Å².